The Kier molecular flexibility index (Phi) is 4.04. The molecule has 3 nitrogen and oxygen atoms in total. The van der Waals surface area contributed by atoms with Gasteiger partial charge in [0.15, 0.2) is 9.84 Å². The second kappa shape index (κ2) is 4.93. The molecular formula is C11H15FO3S. The van der Waals surface area contributed by atoms with Crippen molar-refractivity contribution in [3.05, 3.63) is 35.6 Å². The average Bonchev–Trinajstić information content (AvgIpc) is 2.19. The summed E-state index contributed by atoms with van der Waals surface area (Å²) < 4.78 is 35.6. The molecule has 2 atom stereocenters. The van der Waals surface area contributed by atoms with Gasteiger partial charge in [-0.05, 0) is 18.6 Å². The smallest absolute Gasteiger partial charge is 0.152 e. The first-order valence-electron chi connectivity index (χ1n) is 4.92. The lowest BCUT2D eigenvalue weighted by Gasteiger charge is -2.17. The normalized spacial score (nSPS) is 15.8. The zero-order chi connectivity index (χ0) is 12.3. The molecule has 1 aromatic rings. The standard InChI is InChI=1S/C11H15FO3S/c1-8(16(2,14)15)11(13)7-9-5-3-4-6-10(9)12/h3-6,8,11,13H,7H2,1-2H3. The van der Waals surface area contributed by atoms with Crippen molar-refractivity contribution in [2.45, 2.75) is 24.7 Å². The van der Waals surface area contributed by atoms with Gasteiger partial charge in [0.25, 0.3) is 0 Å². The van der Waals surface area contributed by atoms with Crippen LogP contribution in [0.5, 0.6) is 0 Å². The number of aliphatic hydroxyl groups is 1. The van der Waals surface area contributed by atoms with Crippen LogP contribution in [-0.4, -0.2) is 31.1 Å². The maximum Gasteiger partial charge on any atom is 0.152 e. The molecule has 0 radical (unpaired) electrons. The van der Waals surface area contributed by atoms with Crippen molar-refractivity contribution in [3.63, 3.8) is 0 Å². The molecule has 0 aliphatic rings. The molecular weight excluding hydrogens is 231 g/mol. The molecule has 1 rings (SSSR count). The van der Waals surface area contributed by atoms with Gasteiger partial charge in [0.2, 0.25) is 0 Å². The molecule has 90 valence electrons. The summed E-state index contributed by atoms with van der Waals surface area (Å²) in [4.78, 5) is 0. The van der Waals surface area contributed by atoms with Crippen LogP contribution in [0.4, 0.5) is 4.39 Å². The minimum atomic E-state index is -3.31. The molecule has 0 aliphatic heterocycles. The van der Waals surface area contributed by atoms with E-state index in [0.29, 0.717) is 5.56 Å². The highest BCUT2D eigenvalue weighted by Gasteiger charge is 2.24. The minimum Gasteiger partial charge on any atom is -0.391 e. The van der Waals surface area contributed by atoms with Gasteiger partial charge in [0, 0.05) is 12.7 Å². The van der Waals surface area contributed by atoms with E-state index in [2.05, 4.69) is 0 Å². The molecule has 0 amide bonds. The summed E-state index contributed by atoms with van der Waals surface area (Å²) in [5.74, 6) is -0.428. The Morgan fingerprint density at radius 3 is 2.44 bits per heavy atom. The molecule has 1 aromatic carbocycles. The van der Waals surface area contributed by atoms with Crippen LogP contribution in [0.2, 0.25) is 0 Å². The van der Waals surface area contributed by atoms with Gasteiger partial charge in [-0.1, -0.05) is 18.2 Å². The van der Waals surface area contributed by atoms with Crippen LogP contribution in [0.15, 0.2) is 24.3 Å². The Labute approximate surface area is 94.8 Å². The lowest BCUT2D eigenvalue weighted by molar-refractivity contribution is 0.172. The number of benzene rings is 1. The molecule has 0 heterocycles. The molecule has 0 spiro atoms. The molecule has 0 saturated heterocycles. The Hall–Kier alpha value is -0.940. The van der Waals surface area contributed by atoms with Crippen molar-refractivity contribution < 1.29 is 17.9 Å². The van der Waals surface area contributed by atoms with Crippen LogP contribution in [0, 0.1) is 5.82 Å². The average molecular weight is 246 g/mol. The van der Waals surface area contributed by atoms with E-state index in [9.17, 15) is 17.9 Å². The Balaban J connectivity index is 2.80. The first-order chi connectivity index (χ1) is 7.32. The van der Waals surface area contributed by atoms with Gasteiger partial charge in [-0.3, -0.25) is 0 Å². The SMILES string of the molecule is CC(C(O)Cc1ccccc1F)S(C)(=O)=O. The summed E-state index contributed by atoms with van der Waals surface area (Å²) >= 11 is 0. The van der Waals surface area contributed by atoms with E-state index in [0.717, 1.165) is 6.26 Å². The maximum atomic E-state index is 13.2. The zero-order valence-corrected chi connectivity index (χ0v) is 10.0. The Bertz CT molecular complexity index is 456. The van der Waals surface area contributed by atoms with Gasteiger partial charge in [0.1, 0.15) is 5.82 Å². The van der Waals surface area contributed by atoms with E-state index in [4.69, 9.17) is 0 Å². The van der Waals surface area contributed by atoms with E-state index in [1.54, 1.807) is 12.1 Å². The maximum absolute atomic E-state index is 13.2. The predicted molar refractivity (Wildman–Crippen MR) is 60.4 cm³/mol. The molecule has 5 heteroatoms. The molecule has 0 bridgehead atoms. The zero-order valence-electron chi connectivity index (χ0n) is 9.22. The Morgan fingerprint density at radius 1 is 1.38 bits per heavy atom. The van der Waals surface area contributed by atoms with Gasteiger partial charge >= 0.3 is 0 Å². The third-order valence-corrected chi connectivity index (χ3v) is 4.27. The molecule has 0 fully saturated rings. The third-order valence-electron chi connectivity index (χ3n) is 2.60. The summed E-state index contributed by atoms with van der Waals surface area (Å²) in [6.45, 7) is 1.42. The minimum absolute atomic E-state index is 0.000903. The summed E-state index contributed by atoms with van der Waals surface area (Å²) in [6.07, 6.45) is -0.0322. The number of sulfone groups is 1. The number of aliphatic hydroxyl groups excluding tert-OH is 1. The van der Waals surface area contributed by atoms with Crippen molar-refractivity contribution in [1.82, 2.24) is 0 Å². The van der Waals surface area contributed by atoms with Gasteiger partial charge in [-0.15, -0.1) is 0 Å². The summed E-state index contributed by atoms with van der Waals surface area (Å²) in [7, 11) is -3.31. The number of hydrogen-bond donors (Lipinski definition) is 1. The molecule has 1 N–H and O–H groups in total. The predicted octanol–water partition coefficient (Wildman–Crippen LogP) is 1.16. The number of rotatable bonds is 4. The van der Waals surface area contributed by atoms with Crippen LogP contribution < -0.4 is 0 Å². The largest absolute Gasteiger partial charge is 0.391 e. The van der Waals surface area contributed by atoms with Crippen molar-refractivity contribution in [2.24, 2.45) is 0 Å². The van der Waals surface area contributed by atoms with E-state index in [1.165, 1.54) is 19.1 Å². The highest BCUT2D eigenvalue weighted by molar-refractivity contribution is 7.91. The first-order valence-corrected chi connectivity index (χ1v) is 6.88. The second-order valence-electron chi connectivity index (χ2n) is 3.90. The van der Waals surface area contributed by atoms with E-state index in [-0.39, 0.29) is 6.42 Å². The van der Waals surface area contributed by atoms with Gasteiger partial charge < -0.3 is 5.11 Å². The lowest BCUT2D eigenvalue weighted by atomic mass is 10.1. The van der Waals surface area contributed by atoms with E-state index < -0.39 is 27.0 Å². The van der Waals surface area contributed by atoms with Crippen molar-refractivity contribution in [1.29, 1.82) is 0 Å². The van der Waals surface area contributed by atoms with Crippen LogP contribution >= 0.6 is 0 Å². The lowest BCUT2D eigenvalue weighted by Crippen LogP contribution is -2.32. The van der Waals surface area contributed by atoms with Crippen molar-refractivity contribution in [2.75, 3.05) is 6.26 Å². The summed E-state index contributed by atoms with van der Waals surface area (Å²) in [6, 6.07) is 6.02. The molecule has 2 unspecified atom stereocenters. The van der Waals surface area contributed by atoms with Crippen LogP contribution in [0.3, 0.4) is 0 Å². The molecule has 0 aromatic heterocycles. The third kappa shape index (κ3) is 3.28. The van der Waals surface area contributed by atoms with E-state index in [1.807, 2.05) is 0 Å². The number of halogens is 1. The number of hydrogen-bond acceptors (Lipinski definition) is 3. The second-order valence-corrected chi connectivity index (χ2v) is 6.30. The highest BCUT2D eigenvalue weighted by Crippen LogP contribution is 2.13. The fourth-order valence-corrected chi connectivity index (χ4v) is 2.01. The van der Waals surface area contributed by atoms with Crippen LogP contribution in [0.1, 0.15) is 12.5 Å². The summed E-state index contributed by atoms with van der Waals surface area (Å²) in [5.41, 5.74) is 0.325. The monoisotopic (exact) mass is 246 g/mol. The quantitative estimate of drug-likeness (QED) is 0.867. The fourth-order valence-electron chi connectivity index (χ4n) is 1.34. The van der Waals surface area contributed by atoms with Crippen molar-refractivity contribution in [3.8, 4) is 0 Å². The van der Waals surface area contributed by atoms with E-state index >= 15 is 0 Å². The molecule has 0 saturated carbocycles. The van der Waals surface area contributed by atoms with Crippen molar-refractivity contribution >= 4 is 9.84 Å². The highest BCUT2D eigenvalue weighted by atomic mass is 32.2. The summed E-state index contributed by atoms with van der Waals surface area (Å²) in [5, 5.41) is 8.79. The van der Waals surface area contributed by atoms with Crippen LogP contribution in [-0.2, 0) is 16.3 Å². The molecule has 16 heavy (non-hydrogen) atoms. The first kappa shape index (κ1) is 13.1. The Morgan fingerprint density at radius 2 is 1.94 bits per heavy atom. The van der Waals surface area contributed by atoms with Crippen LogP contribution in [0.25, 0.3) is 0 Å². The topological polar surface area (TPSA) is 54.4 Å². The molecule has 0 aliphatic carbocycles. The van der Waals surface area contributed by atoms with Gasteiger partial charge in [-0.2, -0.15) is 0 Å². The van der Waals surface area contributed by atoms with Gasteiger partial charge in [0.05, 0.1) is 11.4 Å². The fraction of sp³-hybridized carbons (Fsp3) is 0.455. The van der Waals surface area contributed by atoms with Gasteiger partial charge in [-0.25, -0.2) is 12.8 Å².